The summed E-state index contributed by atoms with van der Waals surface area (Å²) < 4.78 is 18.8. The van der Waals surface area contributed by atoms with Crippen LogP contribution >= 0.6 is 34.8 Å². The zero-order valence-electron chi connectivity index (χ0n) is 15.4. The number of halogens is 3. The van der Waals surface area contributed by atoms with Crippen molar-refractivity contribution in [2.24, 2.45) is 7.05 Å². The fourth-order valence-corrected chi connectivity index (χ4v) is 2.61. The van der Waals surface area contributed by atoms with Crippen molar-refractivity contribution in [1.82, 2.24) is 9.78 Å². The van der Waals surface area contributed by atoms with Crippen molar-refractivity contribution in [3.05, 3.63) is 69.5 Å². The summed E-state index contributed by atoms with van der Waals surface area (Å²) in [6, 6.07) is 14.3. The zero-order chi connectivity index (χ0) is 20.3. The van der Waals surface area contributed by atoms with E-state index in [1.165, 1.54) is 0 Å². The van der Waals surface area contributed by atoms with Gasteiger partial charge in [-0.25, -0.2) is 4.68 Å². The average Bonchev–Trinajstić information content (AvgIpc) is 2.91. The van der Waals surface area contributed by atoms with Gasteiger partial charge < -0.3 is 14.2 Å². The molecule has 8 heteroatoms. The molecule has 3 aromatic rings. The number of hydrogen-bond donors (Lipinski definition) is 0. The largest absolute Gasteiger partial charge is 0.460 e. The predicted molar refractivity (Wildman–Crippen MR) is 111 cm³/mol. The van der Waals surface area contributed by atoms with Crippen molar-refractivity contribution in [2.75, 3.05) is 0 Å². The topological polar surface area (TPSA) is 45.5 Å². The second-order valence-corrected chi connectivity index (χ2v) is 7.22. The Balaban J connectivity index is 1.65. The Morgan fingerprint density at radius 3 is 1.75 bits per heavy atom. The molecule has 0 aliphatic rings. The number of ether oxygens (including phenoxy) is 3. The minimum atomic E-state index is 0.0882. The Morgan fingerprint density at radius 2 is 1.32 bits per heavy atom. The zero-order valence-corrected chi connectivity index (χ0v) is 17.6. The lowest BCUT2D eigenvalue weighted by molar-refractivity contribution is 0.424. The molecule has 0 aliphatic heterocycles. The van der Waals surface area contributed by atoms with Crippen LogP contribution in [0.3, 0.4) is 0 Å². The van der Waals surface area contributed by atoms with Gasteiger partial charge in [0.1, 0.15) is 38.3 Å². The van der Waals surface area contributed by atoms with Crippen LogP contribution in [0.15, 0.2) is 58.8 Å². The Hall–Kier alpha value is -2.34. The summed E-state index contributed by atoms with van der Waals surface area (Å²) in [4.78, 5) is 0. The van der Waals surface area contributed by atoms with E-state index in [2.05, 4.69) is 5.10 Å². The fourth-order valence-electron chi connectivity index (χ4n) is 2.34. The van der Waals surface area contributed by atoms with Gasteiger partial charge in [-0.2, -0.15) is 5.10 Å². The predicted octanol–water partition coefficient (Wildman–Crippen LogP) is 7.01. The van der Waals surface area contributed by atoms with Gasteiger partial charge in [0.2, 0.25) is 5.88 Å². The highest BCUT2D eigenvalue weighted by atomic mass is 35.5. The van der Waals surface area contributed by atoms with Gasteiger partial charge in [-0.05, 0) is 62.4 Å². The smallest absolute Gasteiger partial charge is 0.236 e. The van der Waals surface area contributed by atoms with E-state index in [1.807, 2.05) is 6.92 Å². The number of allylic oxidation sites excluding steroid dienone is 1. The Morgan fingerprint density at radius 1 is 0.857 bits per heavy atom. The molecule has 0 bridgehead atoms. The third-order valence-corrected chi connectivity index (χ3v) is 4.70. The van der Waals surface area contributed by atoms with Gasteiger partial charge in [-0.15, -0.1) is 0 Å². The molecule has 0 atom stereocenters. The lowest BCUT2D eigenvalue weighted by Crippen LogP contribution is -1.95. The molecule has 0 saturated heterocycles. The van der Waals surface area contributed by atoms with E-state index in [0.717, 1.165) is 0 Å². The summed E-state index contributed by atoms with van der Waals surface area (Å²) in [6.45, 7) is 3.51. The number of benzene rings is 2. The van der Waals surface area contributed by atoms with Gasteiger partial charge in [0.25, 0.3) is 0 Å². The summed E-state index contributed by atoms with van der Waals surface area (Å²) in [5.41, 5.74) is 0.713. The van der Waals surface area contributed by atoms with E-state index >= 15 is 0 Å². The summed E-state index contributed by atoms with van der Waals surface area (Å²) in [5.74, 6) is 3.47. The highest BCUT2D eigenvalue weighted by molar-refractivity contribution is 6.56. The summed E-state index contributed by atoms with van der Waals surface area (Å²) >= 11 is 17.5. The maximum absolute atomic E-state index is 6.20. The highest BCUT2D eigenvalue weighted by Crippen LogP contribution is 2.33. The molecule has 0 spiro atoms. The Labute approximate surface area is 178 Å². The van der Waals surface area contributed by atoms with E-state index < -0.39 is 0 Å². The van der Waals surface area contributed by atoms with Crippen LogP contribution < -0.4 is 14.2 Å². The number of hydrogen-bond acceptors (Lipinski definition) is 4. The molecule has 1 heterocycles. The lowest BCUT2D eigenvalue weighted by atomic mass is 10.3. The summed E-state index contributed by atoms with van der Waals surface area (Å²) in [6.07, 6.45) is 0. The van der Waals surface area contributed by atoms with Gasteiger partial charge in [0.05, 0.1) is 5.69 Å². The first kappa shape index (κ1) is 20.4. The van der Waals surface area contributed by atoms with Crippen molar-refractivity contribution in [2.45, 2.75) is 13.8 Å². The summed E-state index contributed by atoms with van der Waals surface area (Å²) in [7, 11) is 1.78. The molecule has 0 unspecified atom stereocenters. The second kappa shape index (κ2) is 8.78. The van der Waals surface area contributed by atoms with Crippen LogP contribution in [-0.2, 0) is 7.05 Å². The van der Waals surface area contributed by atoms with Crippen molar-refractivity contribution >= 4 is 34.8 Å². The molecule has 0 radical (unpaired) electrons. The number of nitrogens with zero attached hydrogens (tertiary/aromatic N) is 2. The van der Waals surface area contributed by atoms with Crippen LogP contribution in [0, 0.1) is 6.92 Å². The average molecular weight is 440 g/mol. The van der Waals surface area contributed by atoms with Crippen molar-refractivity contribution in [3.8, 4) is 28.9 Å². The van der Waals surface area contributed by atoms with Crippen LogP contribution in [0.2, 0.25) is 5.02 Å². The van der Waals surface area contributed by atoms with Gasteiger partial charge in [0.15, 0.2) is 0 Å². The van der Waals surface area contributed by atoms with E-state index in [0.29, 0.717) is 45.4 Å². The molecular weight excluding hydrogens is 423 g/mol. The second-order valence-electron chi connectivity index (χ2n) is 5.89. The third-order valence-electron chi connectivity index (χ3n) is 3.73. The van der Waals surface area contributed by atoms with E-state index in [1.54, 1.807) is 67.2 Å². The monoisotopic (exact) mass is 438 g/mol. The van der Waals surface area contributed by atoms with Crippen LogP contribution in [0.5, 0.6) is 28.9 Å². The number of aromatic nitrogens is 2. The molecule has 146 valence electrons. The Bertz CT molecular complexity index is 993. The highest BCUT2D eigenvalue weighted by Gasteiger charge is 2.13. The minimum absolute atomic E-state index is 0.0882. The summed E-state index contributed by atoms with van der Waals surface area (Å²) in [5, 5.41) is 4.71. The molecule has 0 aliphatic carbocycles. The maximum Gasteiger partial charge on any atom is 0.236 e. The molecule has 0 N–H and O–H groups in total. The molecule has 28 heavy (non-hydrogen) atoms. The maximum atomic E-state index is 6.20. The standard InChI is InChI=1S/C20H17Cl3N2O3/c1-12-18(21)20(25(3)24-12)28-17-10-8-16(9-11-17)27-15-6-4-14(5-7-15)26-13(2)19(22)23/h4-11H,1-3H3. The van der Waals surface area contributed by atoms with E-state index in [4.69, 9.17) is 49.0 Å². The van der Waals surface area contributed by atoms with E-state index in [-0.39, 0.29) is 4.49 Å². The van der Waals surface area contributed by atoms with E-state index in [9.17, 15) is 0 Å². The van der Waals surface area contributed by atoms with Gasteiger partial charge >= 0.3 is 0 Å². The number of rotatable bonds is 6. The van der Waals surface area contributed by atoms with Crippen molar-refractivity contribution in [3.63, 3.8) is 0 Å². The van der Waals surface area contributed by atoms with Crippen LogP contribution in [0.1, 0.15) is 12.6 Å². The van der Waals surface area contributed by atoms with Gasteiger partial charge in [-0.3, -0.25) is 0 Å². The molecule has 3 rings (SSSR count). The number of aryl methyl sites for hydroxylation is 2. The molecule has 0 saturated carbocycles. The fraction of sp³-hybridized carbons (Fsp3) is 0.150. The molecule has 2 aromatic carbocycles. The molecule has 1 aromatic heterocycles. The van der Waals surface area contributed by atoms with Crippen molar-refractivity contribution in [1.29, 1.82) is 0 Å². The Kier molecular flexibility index (Phi) is 6.39. The lowest BCUT2D eigenvalue weighted by Gasteiger charge is -2.10. The van der Waals surface area contributed by atoms with Gasteiger partial charge in [0, 0.05) is 7.05 Å². The van der Waals surface area contributed by atoms with Crippen LogP contribution in [0.4, 0.5) is 0 Å². The SMILES string of the molecule is CC(Oc1ccc(Oc2ccc(Oc3c(Cl)c(C)nn3C)cc2)cc1)=C(Cl)Cl. The molecule has 0 fully saturated rings. The third kappa shape index (κ3) is 4.93. The first-order valence-corrected chi connectivity index (χ1v) is 9.41. The van der Waals surface area contributed by atoms with Crippen molar-refractivity contribution < 1.29 is 14.2 Å². The quantitative estimate of drug-likeness (QED) is 0.387. The van der Waals surface area contributed by atoms with Crippen LogP contribution in [-0.4, -0.2) is 9.78 Å². The minimum Gasteiger partial charge on any atom is -0.460 e. The molecule has 5 nitrogen and oxygen atoms in total. The normalized spacial score (nSPS) is 10.5. The first-order valence-electron chi connectivity index (χ1n) is 8.28. The molecule has 0 amide bonds. The first-order chi connectivity index (χ1) is 13.3. The van der Waals surface area contributed by atoms with Crippen LogP contribution in [0.25, 0.3) is 0 Å². The van der Waals surface area contributed by atoms with Gasteiger partial charge in [-0.1, -0.05) is 34.8 Å². The molecular formula is C20H17Cl3N2O3.